The van der Waals surface area contributed by atoms with Crippen LogP contribution in [0.5, 0.6) is 0 Å². The van der Waals surface area contributed by atoms with Gasteiger partial charge in [0.25, 0.3) is 0 Å². The zero-order valence-electron chi connectivity index (χ0n) is 12.6. The maximum absolute atomic E-state index is 5.82. The van der Waals surface area contributed by atoms with Gasteiger partial charge in [0.15, 0.2) is 0 Å². The van der Waals surface area contributed by atoms with Crippen LogP contribution in [0.3, 0.4) is 0 Å². The summed E-state index contributed by atoms with van der Waals surface area (Å²) >= 11 is 0. The van der Waals surface area contributed by atoms with E-state index in [1.807, 2.05) is 13.0 Å². The number of aryl methyl sites for hydroxylation is 1. The standard InChI is InChI=1S/C17H24N2O/c1-13(2)19(11-15-7-5-4-6-8-15)12-16-9-14(3)17(10-18)20-16/h4-9,13H,10-12,18H2,1-3H3. The van der Waals surface area contributed by atoms with Crippen LogP contribution in [0.1, 0.15) is 36.5 Å². The maximum Gasteiger partial charge on any atom is 0.120 e. The summed E-state index contributed by atoms with van der Waals surface area (Å²) in [7, 11) is 0. The third-order valence-corrected chi connectivity index (χ3v) is 3.57. The Balaban J connectivity index is 2.09. The molecule has 0 saturated heterocycles. The molecule has 1 heterocycles. The average molecular weight is 272 g/mol. The molecule has 0 aliphatic carbocycles. The summed E-state index contributed by atoms with van der Waals surface area (Å²) in [5, 5.41) is 0. The van der Waals surface area contributed by atoms with Crippen LogP contribution in [0.4, 0.5) is 0 Å². The normalized spacial score (nSPS) is 11.5. The second-order valence-electron chi connectivity index (χ2n) is 5.51. The highest BCUT2D eigenvalue weighted by Crippen LogP contribution is 2.18. The number of benzene rings is 1. The molecule has 2 rings (SSSR count). The van der Waals surface area contributed by atoms with Crippen molar-refractivity contribution in [2.75, 3.05) is 0 Å². The van der Waals surface area contributed by atoms with E-state index in [4.69, 9.17) is 10.2 Å². The molecule has 2 N–H and O–H groups in total. The zero-order valence-corrected chi connectivity index (χ0v) is 12.6. The second kappa shape index (κ2) is 6.73. The summed E-state index contributed by atoms with van der Waals surface area (Å²) in [6, 6.07) is 13.1. The fourth-order valence-electron chi connectivity index (χ4n) is 2.31. The van der Waals surface area contributed by atoms with Crippen molar-refractivity contribution in [1.82, 2.24) is 4.90 Å². The molecule has 108 valence electrons. The van der Waals surface area contributed by atoms with Crippen LogP contribution >= 0.6 is 0 Å². The zero-order chi connectivity index (χ0) is 14.5. The molecular formula is C17H24N2O. The second-order valence-corrected chi connectivity index (χ2v) is 5.51. The summed E-state index contributed by atoms with van der Waals surface area (Å²) < 4.78 is 5.82. The van der Waals surface area contributed by atoms with E-state index in [0.29, 0.717) is 12.6 Å². The summed E-state index contributed by atoms with van der Waals surface area (Å²) in [6.45, 7) is 8.67. The van der Waals surface area contributed by atoms with E-state index in [1.165, 1.54) is 5.56 Å². The molecule has 0 unspecified atom stereocenters. The van der Waals surface area contributed by atoms with Crippen LogP contribution in [0.25, 0.3) is 0 Å². The van der Waals surface area contributed by atoms with Gasteiger partial charge in [-0.05, 0) is 38.0 Å². The van der Waals surface area contributed by atoms with Crippen molar-refractivity contribution >= 4 is 0 Å². The van der Waals surface area contributed by atoms with Gasteiger partial charge in [-0.25, -0.2) is 0 Å². The number of furan rings is 1. The van der Waals surface area contributed by atoms with E-state index in [2.05, 4.69) is 49.1 Å². The van der Waals surface area contributed by atoms with Gasteiger partial charge in [-0.3, -0.25) is 4.90 Å². The maximum atomic E-state index is 5.82. The Morgan fingerprint density at radius 3 is 2.40 bits per heavy atom. The molecule has 0 amide bonds. The Bertz CT molecular complexity index is 531. The number of rotatable bonds is 6. The molecule has 3 heteroatoms. The van der Waals surface area contributed by atoms with E-state index in [9.17, 15) is 0 Å². The molecule has 0 spiro atoms. The number of hydrogen-bond donors (Lipinski definition) is 1. The van der Waals surface area contributed by atoms with Crippen molar-refractivity contribution in [3.63, 3.8) is 0 Å². The minimum atomic E-state index is 0.460. The fraction of sp³-hybridized carbons (Fsp3) is 0.412. The first-order chi connectivity index (χ1) is 9.60. The van der Waals surface area contributed by atoms with Gasteiger partial charge in [-0.15, -0.1) is 0 Å². The lowest BCUT2D eigenvalue weighted by molar-refractivity contribution is 0.186. The van der Waals surface area contributed by atoms with Crippen LogP contribution in [-0.4, -0.2) is 10.9 Å². The SMILES string of the molecule is Cc1cc(CN(Cc2ccccc2)C(C)C)oc1CN. The molecule has 1 aromatic carbocycles. The smallest absolute Gasteiger partial charge is 0.120 e. The van der Waals surface area contributed by atoms with Gasteiger partial charge < -0.3 is 10.2 Å². The van der Waals surface area contributed by atoms with E-state index >= 15 is 0 Å². The summed E-state index contributed by atoms with van der Waals surface area (Å²) in [5.74, 6) is 1.89. The highest BCUT2D eigenvalue weighted by atomic mass is 16.3. The van der Waals surface area contributed by atoms with Gasteiger partial charge in [0.05, 0.1) is 13.1 Å². The summed E-state index contributed by atoms with van der Waals surface area (Å²) in [4.78, 5) is 2.40. The topological polar surface area (TPSA) is 42.4 Å². The molecule has 3 nitrogen and oxygen atoms in total. The molecule has 2 aromatic rings. The lowest BCUT2D eigenvalue weighted by atomic mass is 10.2. The predicted octanol–water partition coefficient (Wildman–Crippen LogP) is 3.46. The minimum absolute atomic E-state index is 0.460. The Hall–Kier alpha value is -1.58. The average Bonchev–Trinajstić information content (AvgIpc) is 2.79. The molecule has 0 bridgehead atoms. The van der Waals surface area contributed by atoms with Gasteiger partial charge in [-0.1, -0.05) is 30.3 Å². The van der Waals surface area contributed by atoms with Crippen LogP contribution in [0.15, 0.2) is 40.8 Å². The highest BCUT2D eigenvalue weighted by molar-refractivity contribution is 5.20. The molecule has 0 aliphatic heterocycles. The first kappa shape index (κ1) is 14.8. The quantitative estimate of drug-likeness (QED) is 0.875. The molecule has 20 heavy (non-hydrogen) atoms. The molecule has 0 fully saturated rings. The monoisotopic (exact) mass is 272 g/mol. The Morgan fingerprint density at radius 2 is 1.85 bits per heavy atom. The van der Waals surface area contributed by atoms with Crippen LogP contribution in [0.2, 0.25) is 0 Å². The van der Waals surface area contributed by atoms with Crippen molar-refractivity contribution in [2.24, 2.45) is 5.73 Å². The number of hydrogen-bond acceptors (Lipinski definition) is 3. The Labute approximate surface area is 121 Å². The molecule has 0 saturated carbocycles. The minimum Gasteiger partial charge on any atom is -0.463 e. The predicted molar refractivity (Wildman–Crippen MR) is 82.2 cm³/mol. The van der Waals surface area contributed by atoms with Crippen molar-refractivity contribution in [3.8, 4) is 0 Å². The molecule has 0 atom stereocenters. The van der Waals surface area contributed by atoms with Gasteiger partial charge in [0.2, 0.25) is 0 Å². The van der Waals surface area contributed by atoms with Crippen molar-refractivity contribution < 1.29 is 4.42 Å². The Kier molecular flexibility index (Phi) is 4.99. The fourth-order valence-corrected chi connectivity index (χ4v) is 2.31. The van der Waals surface area contributed by atoms with E-state index < -0.39 is 0 Å². The van der Waals surface area contributed by atoms with Gasteiger partial charge >= 0.3 is 0 Å². The third kappa shape index (κ3) is 3.71. The molecular weight excluding hydrogens is 248 g/mol. The van der Waals surface area contributed by atoms with Crippen molar-refractivity contribution in [2.45, 2.75) is 46.4 Å². The Morgan fingerprint density at radius 1 is 1.15 bits per heavy atom. The van der Waals surface area contributed by atoms with Crippen LogP contribution in [-0.2, 0) is 19.6 Å². The van der Waals surface area contributed by atoms with Gasteiger partial charge in [-0.2, -0.15) is 0 Å². The van der Waals surface area contributed by atoms with Gasteiger partial charge in [0.1, 0.15) is 11.5 Å². The molecule has 0 aliphatic rings. The number of nitrogens with zero attached hydrogens (tertiary/aromatic N) is 1. The highest BCUT2D eigenvalue weighted by Gasteiger charge is 2.14. The van der Waals surface area contributed by atoms with E-state index in [1.54, 1.807) is 0 Å². The molecule has 0 radical (unpaired) electrons. The summed E-state index contributed by atoms with van der Waals surface area (Å²) in [5.41, 5.74) is 8.14. The lowest BCUT2D eigenvalue weighted by Crippen LogP contribution is -2.29. The van der Waals surface area contributed by atoms with Crippen LogP contribution in [0, 0.1) is 6.92 Å². The summed E-state index contributed by atoms with van der Waals surface area (Å²) in [6.07, 6.45) is 0. The van der Waals surface area contributed by atoms with Crippen molar-refractivity contribution in [3.05, 3.63) is 59.0 Å². The van der Waals surface area contributed by atoms with Crippen LogP contribution < -0.4 is 5.73 Å². The molecule has 1 aromatic heterocycles. The van der Waals surface area contributed by atoms with E-state index in [-0.39, 0.29) is 0 Å². The lowest BCUT2D eigenvalue weighted by Gasteiger charge is -2.25. The largest absolute Gasteiger partial charge is 0.463 e. The number of nitrogens with two attached hydrogens (primary N) is 1. The van der Waals surface area contributed by atoms with Gasteiger partial charge in [0, 0.05) is 12.6 Å². The first-order valence-electron chi connectivity index (χ1n) is 7.16. The van der Waals surface area contributed by atoms with E-state index in [0.717, 1.165) is 30.2 Å². The third-order valence-electron chi connectivity index (χ3n) is 3.57. The first-order valence-corrected chi connectivity index (χ1v) is 7.16. The van der Waals surface area contributed by atoms with Crippen molar-refractivity contribution in [1.29, 1.82) is 0 Å².